The summed E-state index contributed by atoms with van der Waals surface area (Å²) in [5, 5.41) is 8.04. The van der Waals surface area contributed by atoms with Gasteiger partial charge in [0.2, 0.25) is 0 Å². The summed E-state index contributed by atoms with van der Waals surface area (Å²) in [6.45, 7) is 0. The first kappa shape index (κ1) is 18.2. The van der Waals surface area contributed by atoms with Crippen LogP contribution in [0.4, 0.5) is 0 Å². The predicted molar refractivity (Wildman–Crippen MR) is 89.0 cm³/mol. The molecule has 4 aromatic carbocycles. The molecular weight excluding hydrogens is 396 g/mol. The molecule has 0 saturated carbocycles. The molecule has 107 valence electrons. The van der Waals surface area contributed by atoms with Crippen molar-refractivity contribution >= 4 is 32.3 Å². The SMILES string of the molecule is N.N.[Eu].c1ccc2c(c1)c1ccccc1c1ccccc21. The Morgan fingerprint density at radius 2 is 0.476 bits per heavy atom. The molecule has 0 fully saturated rings. The standard InChI is InChI=1S/C18H12.Eu.2H3N/c1-2-8-14-13(7-1)15-9-3-4-11-17(15)18-12-6-5-10-16(14)18;;;/h1-12H;;2*1H3. The first-order chi connectivity index (χ1) is 8.95. The van der Waals surface area contributed by atoms with Gasteiger partial charge in [0.05, 0.1) is 0 Å². The van der Waals surface area contributed by atoms with Gasteiger partial charge >= 0.3 is 0 Å². The summed E-state index contributed by atoms with van der Waals surface area (Å²) in [6, 6.07) is 26.0. The number of benzene rings is 4. The van der Waals surface area contributed by atoms with Crippen molar-refractivity contribution in [2.75, 3.05) is 0 Å². The van der Waals surface area contributed by atoms with E-state index in [2.05, 4.69) is 72.8 Å². The van der Waals surface area contributed by atoms with Crippen LogP contribution in [-0.4, -0.2) is 0 Å². The van der Waals surface area contributed by atoms with Crippen LogP contribution in [0.2, 0.25) is 0 Å². The molecule has 4 aromatic rings. The molecule has 2 nitrogen and oxygen atoms in total. The minimum Gasteiger partial charge on any atom is -0.344 e. The maximum atomic E-state index is 2.21. The Balaban J connectivity index is 0.000000735. The normalized spacial score (nSPS) is 9.71. The van der Waals surface area contributed by atoms with E-state index in [4.69, 9.17) is 0 Å². The average molecular weight is 414 g/mol. The summed E-state index contributed by atoms with van der Waals surface area (Å²) in [6.07, 6.45) is 0. The summed E-state index contributed by atoms with van der Waals surface area (Å²) in [7, 11) is 0. The number of fused-ring (bicyclic) bond motifs is 6. The van der Waals surface area contributed by atoms with Gasteiger partial charge in [-0.1, -0.05) is 72.8 Å². The summed E-state index contributed by atoms with van der Waals surface area (Å²) < 4.78 is 0. The molecule has 0 aliphatic carbocycles. The molecule has 0 spiro atoms. The Hall–Kier alpha value is -0.836. The molecule has 0 aliphatic rings. The first-order valence-electron chi connectivity index (χ1n) is 6.23. The molecule has 4 rings (SSSR count). The number of hydrogen-bond donors (Lipinski definition) is 2. The monoisotopic (exact) mass is 415 g/mol. The van der Waals surface area contributed by atoms with Gasteiger partial charge in [0, 0.05) is 49.4 Å². The summed E-state index contributed by atoms with van der Waals surface area (Å²) >= 11 is 0. The van der Waals surface area contributed by atoms with Gasteiger partial charge in [0.1, 0.15) is 0 Å². The van der Waals surface area contributed by atoms with Crippen LogP contribution >= 0.6 is 0 Å². The molecule has 0 saturated heterocycles. The van der Waals surface area contributed by atoms with Crippen molar-refractivity contribution in [2.45, 2.75) is 0 Å². The van der Waals surface area contributed by atoms with Crippen LogP contribution in [-0.2, 0) is 0 Å². The quantitative estimate of drug-likeness (QED) is 0.375. The second-order valence-electron chi connectivity index (χ2n) is 4.64. The van der Waals surface area contributed by atoms with Gasteiger partial charge in [0.25, 0.3) is 0 Å². The second kappa shape index (κ2) is 7.43. The third kappa shape index (κ3) is 2.89. The topological polar surface area (TPSA) is 70.0 Å². The van der Waals surface area contributed by atoms with E-state index in [1.165, 1.54) is 32.3 Å². The van der Waals surface area contributed by atoms with Crippen LogP contribution in [0.5, 0.6) is 0 Å². The van der Waals surface area contributed by atoms with Crippen molar-refractivity contribution in [3.8, 4) is 0 Å². The fraction of sp³-hybridized carbons (Fsp3) is 0. The summed E-state index contributed by atoms with van der Waals surface area (Å²) in [5.74, 6) is 0. The Morgan fingerprint density at radius 1 is 0.333 bits per heavy atom. The van der Waals surface area contributed by atoms with Crippen LogP contribution < -0.4 is 12.3 Å². The second-order valence-corrected chi connectivity index (χ2v) is 4.64. The van der Waals surface area contributed by atoms with E-state index >= 15 is 0 Å². The van der Waals surface area contributed by atoms with Gasteiger partial charge in [-0.3, -0.25) is 0 Å². The first-order valence-corrected chi connectivity index (χ1v) is 6.23. The van der Waals surface area contributed by atoms with Crippen molar-refractivity contribution < 1.29 is 49.4 Å². The van der Waals surface area contributed by atoms with Crippen LogP contribution in [0.15, 0.2) is 72.8 Å². The van der Waals surface area contributed by atoms with Gasteiger partial charge in [0.15, 0.2) is 0 Å². The molecule has 3 heteroatoms. The zero-order valence-corrected chi connectivity index (χ0v) is 14.1. The van der Waals surface area contributed by atoms with E-state index < -0.39 is 0 Å². The van der Waals surface area contributed by atoms with Crippen molar-refractivity contribution in [1.82, 2.24) is 12.3 Å². The minimum absolute atomic E-state index is 0. The minimum atomic E-state index is 0. The molecule has 0 bridgehead atoms. The van der Waals surface area contributed by atoms with Crippen molar-refractivity contribution in [3.63, 3.8) is 0 Å². The zero-order valence-electron chi connectivity index (χ0n) is 11.7. The van der Waals surface area contributed by atoms with Gasteiger partial charge in [-0.15, -0.1) is 0 Å². The molecule has 0 unspecified atom stereocenters. The van der Waals surface area contributed by atoms with Gasteiger partial charge in [-0.25, -0.2) is 0 Å². The van der Waals surface area contributed by atoms with E-state index in [1.807, 2.05) is 0 Å². The maximum absolute atomic E-state index is 2.21. The fourth-order valence-corrected chi connectivity index (χ4v) is 2.86. The van der Waals surface area contributed by atoms with Gasteiger partial charge in [-0.05, 0) is 32.3 Å². The summed E-state index contributed by atoms with van der Waals surface area (Å²) in [5.41, 5.74) is 0. The third-order valence-electron chi connectivity index (χ3n) is 3.65. The third-order valence-corrected chi connectivity index (χ3v) is 3.65. The molecule has 0 amide bonds. The van der Waals surface area contributed by atoms with E-state index in [-0.39, 0.29) is 61.7 Å². The van der Waals surface area contributed by atoms with Crippen LogP contribution in [0.25, 0.3) is 32.3 Å². The molecule has 21 heavy (non-hydrogen) atoms. The molecule has 0 atom stereocenters. The molecule has 6 N–H and O–H groups in total. The van der Waals surface area contributed by atoms with Crippen LogP contribution in [0.1, 0.15) is 0 Å². The van der Waals surface area contributed by atoms with E-state index in [0.717, 1.165) is 0 Å². The summed E-state index contributed by atoms with van der Waals surface area (Å²) in [4.78, 5) is 0. The molecule has 0 aliphatic heterocycles. The van der Waals surface area contributed by atoms with E-state index in [1.54, 1.807) is 0 Å². The largest absolute Gasteiger partial charge is 0.344 e. The Labute approximate surface area is 165 Å². The van der Waals surface area contributed by atoms with Crippen LogP contribution in [0, 0.1) is 49.4 Å². The maximum Gasteiger partial charge on any atom is 0 e. The Bertz CT molecular complexity index is 667. The van der Waals surface area contributed by atoms with Gasteiger partial charge in [-0.2, -0.15) is 0 Å². The zero-order chi connectivity index (χ0) is 11.9. The van der Waals surface area contributed by atoms with E-state index in [9.17, 15) is 0 Å². The van der Waals surface area contributed by atoms with Crippen molar-refractivity contribution in [3.05, 3.63) is 72.8 Å². The predicted octanol–water partition coefficient (Wildman–Crippen LogP) is 5.47. The molecular formula is C18H18EuN2. The van der Waals surface area contributed by atoms with Gasteiger partial charge < -0.3 is 12.3 Å². The fourth-order valence-electron chi connectivity index (χ4n) is 2.86. The van der Waals surface area contributed by atoms with Crippen molar-refractivity contribution in [1.29, 1.82) is 0 Å². The molecule has 0 aromatic heterocycles. The molecule has 0 heterocycles. The average Bonchev–Trinajstić information content (AvgIpc) is 2.48. The molecule has 1 radical (unpaired) electrons. The smallest absolute Gasteiger partial charge is 0 e. The number of hydrogen-bond acceptors (Lipinski definition) is 2. The Kier molecular flexibility index (Phi) is 6.45. The van der Waals surface area contributed by atoms with E-state index in [0.29, 0.717) is 0 Å². The van der Waals surface area contributed by atoms with Crippen molar-refractivity contribution in [2.24, 2.45) is 0 Å². The number of rotatable bonds is 0. The Morgan fingerprint density at radius 3 is 0.619 bits per heavy atom. The van der Waals surface area contributed by atoms with Crippen LogP contribution in [0.3, 0.4) is 0 Å².